The van der Waals surface area contributed by atoms with Crippen LogP contribution in [0.25, 0.3) is 0 Å². The second-order valence-electron chi connectivity index (χ2n) is 5.44. The summed E-state index contributed by atoms with van der Waals surface area (Å²) >= 11 is 0. The maximum atomic E-state index is 11.7. The van der Waals surface area contributed by atoms with Crippen molar-refractivity contribution in [2.75, 3.05) is 6.61 Å². The predicted molar refractivity (Wildman–Crippen MR) is 61.3 cm³/mol. The lowest BCUT2D eigenvalue weighted by Gasteiger charge is -2.40. The van der Waals surface area contributed by atoms with Crippen LogP contribution in [0.4, 0.5) is 0 Å². The van der Waals surface area contributed by atoms with Crippen LogP contribution in [0.3, 0.4) is 0 Å². The Morgan fingerprint density at radius 2 is 1.89 bits per heavy atom. The van der Waals surface area contributed by atoms with E-state index in [4.69, 9.17) is 20.3 Å². The molecule has 0 aromatic heterocycles. The van der Waals surface area contributed by atoms with Gasteiger partial charge in [-0.2, -0.15) is 0 Å². The molecule has 5 N–H and O–H groups in total. The van der Waals surface area contributed by atoms with Crippen LogP contribution in [0.5, 0.6) is 0 Å². The Balaban J connectivity index is 2.74. The van der Waals surface area contributed by atoms with Gasteiger partial charge < -0.3 is 30.5 Å². The Labute approximate surface area is 105 Å². The quantitative estimate of drug-likeness (QED) is 0.440. The van der Waals surface area contributed by atoms with Crippen LogP contribution in [0.15, 0.2) is 0 Å². The number of aliphatic hydroxyl groups is 3. The van der Waals surface area contributed by atoms with Gasteiger partial charge >= 0.3 is 5.97 Å². The second kappa shape index (κ2) is 5.50. The molecule has 0 aliphatic carbocycles. The first-order valence-electron chi connectivity index (χ1n) is 5.77. The van der Waals surface area contributed by atoms with E-state index in [1.165, 1.54) is 0 Å². The van der Waals surface area contributed by atoms with Crippen molar-refractivity contribution in [1.82, 2.24) is 0 Å². The Morgan fingerprint density at radius 3 is 2.33 bits per heavy atom. The average Bonchev–Trinajstić information content (AvgIpc) is 2.28. The molecule has 5 atom stereocenters. The molecule has 1 aliphatic rings. The molecule has 7 nitrogen and oxygen atoms in total. The van der Waals surface area contributed by atoms with Gasteiger partial charge in [-0.3, -0.25) is 4.79 Å². The van der Waals surface area contributed by atoms with Crippen molar-refractivity contribution in [3.05, 3.63) is 0 Å². The van der Waals surface area contributed by atoms with Crippen molar-refractivity contribution >= 4 is 5.97 Å². The third kappa shape index (κ3) is 3.18. The molecule has 1 unspecified atom stereocenters. The van der Waals surface area contributed by atoms with Gasteiger partial charge in [-0.15, -0.1) is 0 Å². The maximum Gasteiger partial charge on any atom is 0.313 e. The molecule has 1 saturated heterocycles. The van der Waals surface area contributed by atoms with Crippen LogP contribution in [0, 0.1) is 5.41 Å². The van der Waals surface area contributed by atoms with E-state index in [0.717, 1.165) is 0 Å². The number of esters is 1. The molecule has 1 heterocycles. The zero-order valence-corrected chi connectivity index (χ0v) is 10.7. The van der Waals surface area contributed by atoms with Crippen LogP contribution in [0.2, 0.25) is 0 Å². The summed E-state index contributed by atoms with van der Waals surface area (Å²) in [5.74, 6) is -0.539. The molecule has 0 spiro atoms. The average molecular weight is 263 g/mol. The third-order valence-electron chi connectivity index (χ3n) is 2.76. The van der Waals surface area contributed by atoms with Crippen molar-refractivity contribution in [2.45, 2.75) is 51.4 Å². The topological polar surface area (TPSA) is 122 Å². The van der Waals surface area contributed by atoms with E-state index >= 15 is 0 Å². The zero-order valence-electron chi connectivity index (χ0n) is 10.7. The predicted octanol–water partition coefficient (Wildman–Crippen LogP) is -1.66. The van der Waals surface area contributed by atoms with Crippen LogP contribution in [-0.4, -0.2) is 58.5 Å². The molecule has 0 amide bonds. The molecular formula is C11H21NO6. The maximum absolute atomic E-state index is 11.7. The number of aliphatic hydroxyl groups excluding tert-OH is 3. The molecule has 0 saturated carbocycles. The van der Waals surface area contributed by atoms with Gasteiger partial charge in [0.2, 0.25) is 6.29 Å². The second-order valence-corrected chi connectivity index (χ2v) is 5.44. The lowest BCUT2D eigenvalue weighted by atomic mass is 9.96. The first-order valence-corrected chi connectivity index (χ1v) is 5.77. The number of carbonyl (C=O) groups is 1. The fourth-order valence-corrected chi connectivity index (χ4v) is 1.49. The first kappa shape index (κ1) is 15.3. The highest BCUT2D eigenvalue weighted by Crippen LogP contribution is 2.24. The number of nitrogens with two attached hydrogens (primary N) is 1. The van der Waals surface area contributed by atoms with Crippen molar-refractivity contribution in [3.8, 4) is 0 Å². The molecule has 0 aromatic carbocycles. The smallest absolute Gasteiger partial charge is 0.313 e. The first-order chi connectivity index (χ1) is 8.18. The largest absolute Gasteiger partial charge is 0.433 e. The van der Waals surface area contributed by atoms with E-state index in [1.54, 1.807) is 20.8 Å². The van der Waals surface area contributed by atoms with E-state index in [2.05, 4.69) is 0 Å². The molecule has 7 heteroatoms. The molecule has 1 fully saturated rings. The minimum absolute atomic E-state index is 0.505. The highest BCUT2D eigenvalue weighted by atomic mass is 16.7. The van der Waals surface area contributed by atoms with Gasteiger partial charge in [0.25, 0.3) is 0 Å². The Morgan fingerprint density at radius 1 is 1.33 bits per heavy atom. The number of hydrogen-bond acceptors (Lipinski definition) is 7. The molecule has 106 valence electrons. The molecule has 0 radical (unpaired) electrons. The van der Waals surface area contributed by atoms with Gasteiger partial charge in [-0.05, 0) is 20.8 Å². The standard InChI is InChI=1S/C11H21NO6/c1-11(2,3)10(16)18-9-6(12)8(15)7(14)5(4-13)17-9/h5-9,13-15H,4,12H2,1-3H3/t5-,6-,7-,8-,9?/m1/s1. The lowest BCUT2D eigenvalue weighted by molar-refractivity contribution is -0.262. The zero-order chi connectivity index (χ0) is 14.1. The number of carbonyl (C=O) groups excluding carboxylic acids is 1. The van der Waals surface area contributed by atoms with Crippen LogP contribution in [-0.2, 0) is 14.3 Å². The number of hydrogen-bond donors (Lipinski definition) is 4. The van der Waals surface area contributed by atoms with Crippen molar-refractivity contribution in [1.29, 1.82) is 0 Å². The summed E-state index contributed by atoms with van der Waals surface area (Å²) in [4.78, 5) is 11.7. The lowest BCUT2D eigenvalue weighted by Crippen LogP contribution is -2.63. The molecule has 1 rings (SSSR count). The Kier molecular flexibility index (Phi) is 4.68. The van der Waals surface area contributed by atoms with Gasteiger partial charge in [-0.1, -0.05) is 0 Å². The number of rotatable bonds is 2. The molecule has 0 aromatic rings. The van der Waals surface area contributed by atoms with E-state index in [-0.39, 0.29) is 0 Å². The summed E-state index contributed by atoms with van der Waals surface area (Å²) in [6.45, 7) is 4.49. The Hall–Kier alpha value is -0.730. The van der Waals surface area contributed by atoms with Gasteiger partial charge in [0.05, 0.1) is 18.1 Å². The fourth-order valence-electron chi connectivity index (χ4n) is 1.49. The molecular weight excluding hydrogens is 242 g/mol. The number of ether oxygens (including phenoxy) is 2. The monoisotopic (exact) mass is 263 g/mol. The summed E-state index contributed by atoms with van der Waals surface area (Å²) in [7, 11) is 0. The summed E-state index contributed by atoms with van der Waals surface area (Å²) in [6.07, 6.45) is -4.85. The van der Waals surface area contributed by atoms with Gasteiger partial charge in [0.1, 0.15) is 18.3 Å². The minimum Gasteiger partial charge on any atom is -0.433 e. The van der Waals surface area contributed by atoms with E-state index in [9.17, 15) is 15.0 Å². The highest BCUT2D eigenvalue weighted by molar-refractivity contribution is 5.75. The summed E-state index contributed by atoms with van der Waals surface area (Å²) in [5, 5.41) is 28.2. The van der Waals surface area contributed by atoms with Crippen LogP contribution >= 0.6 is 0 Å². The van der Waals surface area contributed by atoms with Gasteiger partial charge in [0.15, 0.2) is 0 Å². The summed E-state index contributed by atoms with van der Waals surface area (Å²) in [6, 6.07) is -1.06. The normalized spacial score (nSPS) is 37.4. The van der Waals surface area contributed by atoms with E-state index in [0.29, 0.717) is 0 Å². The minimum atomic E-state index is -1.33. The SMILES string of the molecule is CC(C)(C)C(=O)OC1O[C@H](CO)[C@@H](O)[C@H](O)[C@H]1N. The molecule has 0 bridgehead atoms. The van der Waals surface area contributed by atoms with Crippen molar-refractivity contribution in [3.63, 3.8) is 0 Å². The molecule has 1 aliphatic heterocycles. The Bertz CT molecular complexity index is 300. The van der Waals surface area contributed by atoms with Crippen LogP contribution < -0.4 is 5.73 Å². The van der Waals surface area contributed by atoms with Gasteiger partial charge in [-0.25, -0.2) is 0 Å². The van der Waals surface area contributed by atoms with Crippen LogP contribution in [0.1, 0.15) is 20.8 Å². The van der Waals surface area contributed by atoms with Crippen molar-refractivity contribution < 1.29 is 29.6 Å². The van der Waals surface area contributed by atoms with Crippen molar-refractivity contribution in [2.24, 2.45) is 11.1 Å². The third-order valence-corrected chi connectivity index (χ3v) is 2.76. The summed E-state index contributed by atoms with van der Waals surface area (Å²) < 4.78 is 10.2. The molecule has 18 heavy (non-hydrogen) atoms. The summed E-state index contributed by atoms with van der Waals surface area (Å²) in [5.41, 5.74) is 4.89. The van der Waals surface area contributed by atoms with E-state index in [1.807, 2.05) is 0 Å². The van der Waals surface area contributed by atoms with Gasteiger partial charge in [0, 0.05) is 0 Å². The highest BCUT2D eigenvalue weighted by Gasteiger charge is 2.45. The fraction of sp³-hybridized carbons (Fsp3) is 0.909. The van der Waals surface area contributed by atoms with E-state index < -0.39 is 48.6 Å².